The number of nitrogens with zero attached hydrogens (tertiary/aromatic N) is 1. The third kappa shape index (κ3) is 3.56. The molecule has 0 radical (unpaired) electrons. The van der Waals surface area contributed by atoms with Crippen molar-refractivity contribution in [1.82, 2.24) is 5.32 Å². The van der Waals surface area contributed by atoms with Crippen molar-refractivity contribution < 1.29 is 9.72 Å². The van der Waals surface area contributed by atoms with Gasteiger partial charge in [-0.25, -0.2) is 0 Å². The van der Waals surface area contributed by atoms with Gasteiger partial charge in [0.1, 0.15) is 5.56 Å². The van der Waals surface area contributed by atoms with E-state index < -0.39 is 10.8 Å². The van der Waals surface area contributed by atoms with Gasteiger partial charge < -0.3 is 10.6 Å². The summed E-state index contributed by atoms with van der Waals surface area (Å²) in [7, 11) is 1.69. The minimum absolute atomic E-state index is 0.0442. The van der Waals surface area contributed by atoms with Gasteiger partial charge in [0.15, 0.2) is 0 Å². The van der Waals surface area contributed by atoms with Crippen molar-refractivity contribution in [2.75, 3.05) is 12.4 Å². The van der Waals surface area contributed by atoms with E-state index in [9.17, 15) is 14.9 Å². The van der Waals surface area contributed by atoms with E-state index >= 15 is 0 Å². The molecule has 1 amide bonds. The van der Waals surface area contributed by atoms with Gasteiger partial charge >= 0.3 is 0 Å². The zero-order chi connectivity index (χ0) is 15.2. The molecule has 0 saturated heterocycles. The standard InChI is InChI=1S/C15H15N3O3/c1-16-12-7-8-14(18(20)21)13(9-12)15(19)17-10-11-5-3-2-4-6-11/h2-9,16H,10H2,1H3,(H,17,19). The van der Waals surface area contributed by atoms with Crippen LogP contribution >= 0.6 is 0 Å². The fraction of sp³-hybridized carbons (Fsp3) is 0.133. The SMILES string of the molecule is CNc1ccc([N+](=O)[O-])c(C(=O)NCc2ccccc2)c1. The average molecular weight is 285 g/mol. The second-order valence-electron chi connectivity index (χ2n) is 4.41. The second kappa shape index (κ2) is 6.51. The fourth-order valence-corrected chi connectivity index (χ4v) is 1.91. The third-order valence-corrected chi connectivity index (χ3v) is 3.02. The molecule has 2 N–H and O–H groups in total. The van der Waals surface area contributed by atoms with E-state index in [4.69, 9.17) is 0 Å². The number of rotatable bonds is 5. The molecule has 0 aliphatic carbocycles. The van der Waals surface area contributed by atoms with Crippen LogP contribution in [0, 0.1) is 10.1 Å². The van der Waals surface area contributed by atoms with E-state index in [1.165, 1.54) is 12.1 Å². The van der Waals surface area contributed by atoms with Crippen LogP contribution in [0.5, 0.6) is 0 Å². The lowest BCUT2D eigenvalue weighted by atomic mass is 10.1. The van der Waals surface area contributed by atoms with Gasteiger partial charge in [-0.1, -0.05) is 30.3 Å². The van der Waals surface area contributed by atoms with E-state index in [0.29, 0.717) is 12.2 Å². The average Bonchev–Trinajstić information content (AvgIpc) is 2.52. The highest BCUT2D eigenvalue weighted by atomic mass is 16.6. The van der Waals surface area contributed by atoms with Crippen LogP contribution in [0.25, 0.3) is 0 Å². The molecule has 0 saturated carbocycles. The molecule has 21 heavy (non-hydrogen) atoms. The molecule has 0 aromatic heterocycles. The number of hydrogen-bond donors (Lipinski definition) is 2. The van der Waals surface area contributed by atoms with E-state index in [2.05, 4.69) is 10.6 Å². The van der Waals surface area contributed by atoms with Crippen LogP contribution in [0.2, 0.25) is 0 Å². The second-order valence-corrected chi connectivity index (χ2v) is 4.41. The van der Waals surface area contributed by atoms with Crippen LogP contribution in [-0.4, -0.2) is 17.9 Å². The summed E-state index contributed by atoms with van der Waals surface area (Å²) in [6, 6.07) is 13.7. The molecule has 2 aromatic carbocycles. The fourth-order valence-electron chi connectivity index (χ4n) is 1.91. The van der Waals surface area contributed by atoms with Crippen LogP contribution in [-0.2, 0) is 6.54 Å². The highest BCUT2D eigenvalue weighted by molar-refractivity contribution is 5.99. The maximum absolute atomic E-state index is 12.2. The lowest BCUT2D eigenvalue weighted by Crippen LogP contribution is -2.23. The van der Waals surface area contributed by atoms with Gasteiger partial charge in [0.25, 0.3) is 11.6 Å². The quantitative estimate of drug-likeness (QED) is 0.653. The monoisotopic (exact) mass is 285 g/mol. The van der Waals surface area contributed by atoms with Gasteiger partial charge in [-0.3, -0.25) is 14.9 Å². The van der Waals surface area contributed by atoms with Crippen LogP contribution in [0.4, 0.5) is 11.4 Å². The Morgan fingerprint density at radius 3 is 2.52 bits per heavy atom. The Hall–Kier alpha value is -2.89. The van der Waals surface area contributed by atoms with Crippen LogP contribution in [0.15, 0.2) is 48.5 Å². The predicted octanol–water partition coefficient (Wildman–Crippen LogP) is 2.57. The molecule has 2 aromatic rings. The zero-order valence-corrected chi connectivity index (χ0v) is 11.5. The number of nitro benzene ring substituents is 1. The molecule has 0 fully saturated rings. The van der Waals surface area contributed by atoms with Gasteiger partial charge in [0.05, 0.1) is 4.92 Å². The molecule has 0 heterocycles. The first-order valence-corrected chi connectivity index (χ1v) is 6.40. The predicted molar refractivity (Wildman–Crippen MR) is 80.3 cm³/mol. The Bertz CT molecular complexity index is 656. The number of nitrogens with one attached hydrogen (secondary N) is 2. The first-order chi connectivity index (χ1) is 10.1. The molecule has 0 atom stereocenters. The maximum Gasteiger partial charge on any atom is 0.282 e. The van der Waals surface area contributed by atoms with Crippen molar-refractivity contribution in [3.63, 3.8) is 0 Å². The Balaban J connectivity index is 2.19. The van der Waals surface area contributed by atoms with E-state index in [1.807, 2.05) is 30.3 Å². The van der Waals surface area contributed by atoms with Crippen molar-refractivity contribution in [1.29, 1.82) is 0 Å². The normalized spacial score (nSPS) is 9.95. The first-order valence-electron chi connectivity index (χ1n) is 6.40. The summed E-state index contributed by atoms with van der Waals surface area (Å²) in [5, 5.41) is 16.6. The van der Waals surface area contributed by atoms with E-state index in [0.717, 1.165) is 5.56 Å². The summed E-state index contributed by atoms with van der Waals surface area (Å²) in [5.74, 6) is -0.470. The van der Waals surface area contributed by atoms with Crippen LogP contribution < -0.4 is 10.6 Å². The number of amides is 1. The van der Waals surface area contributed by atoms with Crippen LogP contribution in [0.1, 0.15) is 15.9 Å². The molecule has 0 aliphatic heterocycles. The Kier molecular flexibility index (Phi) is 4.50. The van der Waals surface area contributed by atoms with Crippen molar-refractivity contribution >= 4 is 17.3 Å². The van der Waals surface area contributed by atoms with Gasteiger partial charge in [-0.15, -0.1) is 0 Å². The molecule has 0 aliphatic rings. The van der Waals surface area contributed by atoms with Gasteiger partial charge in [-0.2, -0.15) is 0 Å². The largest absolute Gasteiger partial charge is 0.388 e. The topological polar surface area (TPSA) is 84.3 Å². The lowest BCUT2D eigenvalue weighted by molar-refractivity contribution is -0.385. The Morgan fingerprint density at radius 2 is 1.90 bits per heavy atom. The summed E-state index contributed by atoms with van der Waals surface area (Å²) in [5.41, 5.74) is 1.41. The third-order valence-electron chi connectivity index (χ3n) is 3.02. The van der Waals surface area contributed by atoms with Crippen molar-refractivity contribution in [2.24, 2.45) is 0 Å². The smallest absolute Gasteiger partial charge is 0.282 e. The summed E-state index contributed by atoms with van der Waals surface area (Å²) >= 11 is 0. The highest BCUT2D eigenvalue weighted by Crippen LogP contribution is 2.22. The van der Waals surface area contributed by atoms with Crippen molar-refractivity contribution in [3.8, 4) is 0 Å². The molecule has 0 bridgehead atoms. The Labute approximate surface area is 121 Å². The van der Waals surface area contributed by atoms with Gasteiger partial charge in [0.2, 0.25) is 0 Å². The first kappa shape index (κ1) is 14.5. The molecule has 0 unspecified atom stereocenters. The summed E-state index contributed by atoms with van der Waals surface area (Å²) < 4.78 is 0. The van der Waals surface area contributed by atoms with Crippen molar-refractivity contribution in [3.05, 3.63) is 69.8 Å². The number of hydrogen-bond acceptors (Lipinski definition) is 4. The molecule has 6 heteroatoms. The highest BCUT2D eigenvalue weighted by Gasteiger charge is 2.20. The maximum atomic E-state index is 12.2. The minimum Gasteiger partial charge on any atom is -0.388 e. The number of nitro groups is 1. The van der Waals surface area contributed by atoms with Crippen LogP contribution in [0.3, 0.4) is 0 Å². The van der Waals surface area contributed by atoms with Crippen molar-refractivity contribution in [2.45, 2.75) is 6.54 Å². The van der Waals surface area contributed by atoms with Gasteiger partial charge in [0, 0.05) is 25.3 Å². The van der Waals surface area contributed by atoms with Gasteiger partial charge in [-0.05, 0) is 17.7 Å². The number of carbonyl (C=O) groups is 1. The number of carbonyl (C=O) groups excluding carboxylic acids is 1. The molecule has 6 nitrogen and oxygen atoms in total. The lowest BCUT2D eigenvalue weighted by Gasteiger charge is -2.08. The zero-order valence-electron chi connectivity index (χ0n) is 11.5. The van der Waals surface area contributed by atoms with E-state index in [-0.39, 0.29) is 11.3 Å². The summed E-state index contributed by atoms with van der Waals surface area (Å²) in [6.07, 6.45) is 0. The summed E-state index contributed by atoms with van der Waals surface area (Å²) in [4.78, 5) is 22.6. The minimum atomic E-state index is -0.559. The molecule has 0 spiro atoms. The molecular weight excluding hydrogens is 270 g/mol. The summed E-state index contributed by atoms with van der Waals surface area (Å²) in [6.45, 7) is 0.320. The number of benzene rings is 2. The molecule has 2 rings (SSSR count). The Morgan fingerprint density at radius 1 is 1.19 bits per heavy atom. The number of anilines is 1. The van der Waals surface area contributed by atoms with E-state index in [1.54, 1.807) is 13.1 Å². The molecular formula is C15H15N3O3. The molecule has 108 valence electrons.